The maximum absolute atomic E-state index is 12.5. The minimum absolute atomic E-state index is 0.140. The number of hydrogen-bond acceptors (Lipinski definition) is 3. The molecular formula is C31H33O3S+. The van der Waals surface area contributed by atoms with Gasteiger partial charge in [-0.2, -0.15) is 0 Å². The number of carbonyl (C=O) groups excluding carboxylic acids is 1. The van der Waals surface area contributed by atoms with E-state index in [0.717, 1.165) is 29.7 Å². The van der Waals surface area contributed by atoms with Crippen LogP contribution in [-0.2, 0) is 20.4 Å². The van der Waals surface area contributed by atoms with Crippen molar-refractivity contribution in [2.24, 2.45) is 5.92 Å². The van der Waals surface area contributed by atoms with Crippen LogP contribution in [0.5, 0.6) is 5.75 Å². The van der Waals surface area contributed by atoms with Crippen molar-refractivity contribution < 1.29 is 14.3 Å². The summed E-state index contributed by atoms with van der Waals surface area (Å²) in [6.45, 7) is 7.58. The van der Waals surface area contributed by atoms with Gasteiger partial charge in [-0.1, -0.05) is 54.7 Å². The van der Waals surface area contributed by atoms with Crippen LogP contribution in [-0.4, -0.2) is 18.2 Å². The zero-order valence-corrected chi connectivity index (χ0v) is 21.8. The number of carbonyl (C=O) groups is 1. The molecule has 3 aromatic rings. The molecule has 4 heteroatoms. The van der Waals surface area contributed by atoms with Crippen LogP contribution < -0.4 is 4.74 Å². The molecule has 1 fully saturated rings. The molecule has 0 radical (unpaired) electrons. The van der Waals surface area contributed by atoms with Crippen molar-refractivity contribution in [1.82, 2.24) is 0 Å². The zero-order chi connectivity index (χ0) is 24.8. The van der Waals surface area contributed by atoms with Crippen LogP contribution in [0.4, 0.5) is 0 Å². The highest BCUT2D eigenvalue weighted by molar-refractivity contribution is 7.97. The molecule has 0 aliphatic heterocycles. The lowest BCUT2D eigenvalue weighted by atomic mass is 9.85. The second-order valence-corrected chi connectivity index (χ2v) is 11.5. The fourth-order valence-corrected chi connectivity index (χ4v) is 6.34. The van der Waals surface area contributed by atoms with E-state index in [1.165, 1.54) is 21.1 Å². The Morgan fingerprint density at radius 2 is 1.46 bits per heavy atom. The van der Waals surface area contributed by atoms with Gasteiger partial charge in [0.2, 0.25) is 0 Å². The van der Waals surface area contributed by atoms with Gasteiger partial charge in [0.25, 0.3) is 0 Å². The Hall–Kier alpha value is -3.16. The van der Waals surface area contributed by atoms with E-state index in [4.69, 9.17) is 9.47 Å². The summed E-state index contributed by atoms with van der Waals surface area (Å²) in [4.78, 5) is 16.3. The van der Waals surface area contributed by atoms with Crippen LogP contribution in [0.15, 0.2) is 87.5 Å². The smallest absolute Gasteiger partial charge is 0.345 e. The van der Waals surface area contributed by atoms with Gasteiger partial charge in [0.1, 0.15) is 5.75 Å². The first-order chi connectivity index (χ1) is 16.8. The molecule has 35 heavy (non-hydrogen) atoms. The minimum Gasteiger partial charge on any atom is -0.481 e. The second-order valence-electron chi connectivity index (χ2n) is 9.49. The molecule has 0 spiro atoms. The van der Waals surface area contributed by atoms with E-state index in [0.29, 0.717) is 5.92 Å². The Balaban J connectivity index is 1.50. The molecule has 1 saturated carbocycles. The van der Waals surface area contributed by atoms with Gasteiger partial charge >= 0.3 is 5.97 Å². The van der Waals surface area contributed by atoms with Gasteiger partial charge in [-0.05, 0) is 75.9 Å². The van der Waals surface area contributed by atoms with Crippen LogP contribution in [0.1, 0.15) is 44.2 Å². The first-order valence-corrected chi connectivity index (χ1v) is 13.4. The summed E-state index contributed by atoms with van der Waals surface area (Å²) in [6.07, 6.45) is 3.53. The third-order valence-electron chi connectivity index (χ3n) is 6.01. The standard InChI is InChI=1S/C31H33O3S/c1-23-20-28(35(26-14-7-5-8-15-26)27-16-9-6-10-17-27)21-24(2)30(23)33-22-29(32)34-31(3,4)19-18-25-12-11-13-25/h5-10,14-17,20-21,25H,11-13,22H2,1-4H3/q+1. The molecule has 0 atom stereocenters. The van der Waals surface area contributed by atoms with Gasteiger partial charge in [-0.15, -0.1) is 0 Å². The fraction of sp³-hybridized carbons (Fsp3) is 0.323. The molecule has 0 amide bonds. The highest BCUT2D eigenvalue weighted by Crippen LogP contribution is 2.35. The van der Waals surface area contributed by atoms with Crippen molar-refractivity contribution in [3.05, 3.63) is 83.9 Å². The van der Waals surface area contributed by atoms with Crippen LogP contribution in [0.2, 0.25) is 0 Å². The van der Waals surface area contributed by atoms with E-state index in [9.17, 15) is 4.79 Å². The summed E-state index contributed by atoms with van der Waals surface area (Å²) >= 11 is 0. The SMILES string of the molecule is Cc1cc([S+](c2ccccc2)c2ccccc2)cc(C)c1OCC(=O)OC(C)(C)C#CC1CCC1. The summed E-state index contributed by atoms with van der Waals surface area (Å²) in [5.41, 5.74) is 1.19. The Morgan fingerprint density at radius 1 is 0.914 bits per heavy atom. The number of hydrogen-bond donors (Lipinski definition) is 0. The highest BCUT2D eigenvalue weighted by Gasteiger charge is 2.30. The Morgan fingerprint density at radius 3 is 1.94 bits per heavy atom. The highest BCUT2D eigenvalue weighted by atomic mass is 32.2. The molecule has 3 nitrogen and oxygen atoms in total. The van der Waals surface area contributed by atoms with Gasteiger partial charge in [0.05, 0.1) is 10.9 Å². The maximum Gasteiger partial charge on any atom is 0.345 e. The van der Waals surface area contributed by atoms with Gasteiger partial charge in [-0.3, -0.25) is 0 Å². The third kappa shape index (κ3) is 6.50. The second kappa shape index (κ2) is 11.1. The Kier molecular flexibility index (Phi) is 7.88. The van der Waals surface area contributed by atoms with Crippen molar-refractivity contribution in [3.8, 4) is 17.6 Å². The summed E-state index contributed by atoms with van der Waals surface area (Å²) in [6, 6.07) is 25.5. The summed E-state index contributed by atoms with van der Waals surface area (Å²) in [7, 11) is -0.234. The van der Waals surface area contributed by atoms with Crippen LogP contribution in [0, 0.1) is 31.6 Å². The van der Waals surface area contributed by atoms with Gasteiger partial charge < -0.3 is 9.47 Å². The fourth-order valence-electron chi connectivity index (χ4n) is 4.08. The molecule has 3 aromatic carbocycles. The first-order valence-electron chi connectivity index (χ1n) is 12.2. The molecule has 4 rings (SSSR count). The monoisotopic (exact) mass is 485 g/mol. The predicted molar refractivity (Wildman–Crippen MR) is 142 cm³/mol. The molecular weight excluding hydrogens is 452 g/mol. The molecule has 180 valence electrons. The molecule has 0 bridgehead atoms. The molecule has 0 N–H and O–H groups in total. The van der Waals surface area contributed by atoms with Crippen molar-refractivity contribution in [2.75, 3.05) is 6.61 Å². The number of ether oxygens (including phenoxy) is 2. The lowest BCUT2D eigenvalue weighted by Gasteiger charge is -2.22. The molecule has 0 unspecified atom stereocenters. The number of aryl methyl sites for hydroxylation is 2. The van der Waals surface area contributed by atoms with E-state index in [2.05, 4.69) is 72.5 Å². The lowest BCUT2D eigenvalue weighted by Crippen LogP contribution is -2.29. The number of benzene rings is 3. The average Bonchev–Trinajstić information content (AvgIpc) is 2.79. The van der Waals surface area contributed by atoms with Crippen molar-refractivity contribution in [2.45, 2.75) is 67.2 Å². The largest absolute Gasteiger partial charge is 0.481 e. The van der Waals surface area contributed by atoms with E-state index >= 15 is 0 Å². The topological polar surface area (TPSA) is 35.5 Å². The van der Waals surface area contributed by atoms with Crippen LogP contribution in [0.3, 0.4) is 0 Å². The Labute approximate surface area is 212 Å². The minimum atomic E-state index is -0.816. The zero-order valence-electron chi connectivity index (χ0n) is 21.0. The van der Waals surface area contributed by atoms with Crippen molar-refractivity contribution in [3.63, 3.8) is 0 Å². The first kappa shape index (κ1) is 24.9. The number of esters is 1. The average molecular weight is 486 g/mol. The third-order valence-corrected chi connectivity index (χ3v) is 8.21. The van der Waals surface area contributed by atoms with Crippen LogP contribution in [0.25, 0.3) is 0 Å². The van der Waals surface area contributed by atoms with E-state index in [1.54, 1.807) is 0 Å². The molecule has 0 aromatic heterocycles. The summed E-state index contributed by atoms with van der Waals surface area (Å²) in [5, 5.41) is 0. The van der Waals surface area contributed by atoms with Gasteiger partial charge in [0, 0.05) is 18.1 Å². The maximum atomic E-state index is 12.5. The predicted octanol–water partition coefficient (Wildman–Crippen LogP) is 6.90. The molecule has 1 aliphatic rings. The Bertz CT molecular complexity index is 1160. The summed E-state index contributed by atoms with van der Waals surface area (Å²) < 4.78 is 11.6. The van der Waals surface area contributed by atoms with E-state index < -0.39 is 11.6 Å². The quantitative estimate of drug-likeness (QED) is 0.207. The van der Waals surface area contributed by atoms with E-state index in [-0.39, 0.29) is 17.5 Å². The summed E-state index contributed by atoms with van der Waals surface area (Å²) in [5.74, 6) is 7.12. The molecule has 0 heterocycles. The normalized spacial score (nSPS) is 13.5. The van der Waals surface area contributed by atoms with Crippen LogP contribution >= 0.6 is 0 Å². The molecule has 0 saturated heterocycles. The molecule has 1 aliphatic carbocycles. The lowest BCUT2D eigenvalue weighted by molar-refractivity contribution is -0.154. The van der Waals surface area contributed by atoms with Gasteiger partial charge in [-0.25, -0.2) is 4.79 Å². The van der Waals surface area contributed by atoms with Gasteiger partial charge in [0.15, 0.2) is 26.9 Å². The van der Waals surface area contributed by atoms with Crippen molar-refractivity contribution in [1.29, 1.82) is 0 Å². The number of rotatable bonds is 7. The van der Waals surface area contributed by atoms with Crippen molar-refractivity contribution >= 4 is 16.9 Å². The van der Waals surface area contributed by atoms with E-state index in [1.807, 2.05) is 39.8 Å².